The van der Waals surface area contributed by atoms with Gasteiger partial charge in [-0.2, -0.15) is 0 Å². The minimum absolute atomic E-state index is 0.334. The van der Waals surface area contributed by atoms with Crippen molar-refractivity contribution < 1.29 is 14.6 Å². The van der Waals surface area contributed by atoms with Gasteiger partial charge in [-0.15, -0.1) is 0 Å². The topological polar surface area (TPSA) is 51.5 Å². The van der Waals surface area contributed by atoms with E-state index in [0.717, 1.165) is 12.1 Å². The highest BCUT2D eigenvalue weighted by atomic mass is 16.5. The van der Waals surface area contributed by atoms with Crippen LogP contribution in [0.25, 0.3) is 22.2 Å². The fourth-order valence-electron chi connectivity index (χ4n) is 3.63. The van der Waals surface area contributed by atoms with Crippen LogP contribution in [0, 0.1) is 6.92 Å². The van der Waals surface area contributed by atoms with Crippen LogP contribution in [0.1, 0.15) is 11.1 Å². The normalized spacial score (nSPS) is 10.9. The molecule has 1 heterocycles. The molecule has 0 aliphatic carbocycles. The summed E-state index contributed by atoms with van der Waals surface area (Å²) in [5, 5.41) is 9.99. The van der Waals surface area contributed by atoms with E-state index in [1.165, 1.54) is 27.7 Å². The van der Waals surface area contributed by atoms with Gasteiger partial charge in [0.05, 0.1) is 5.69 Å². The summed E-state index contributed by atoms with van der Waals surface area (Å²) in [5.74, 6) is -0.422. The van der Waals surface area contributed by atoms with E-state index in [4.69, 9.17) is 9.84 Å². The second-order valence-electron chi connectivity index (χ2n) is 6.77. The van der Waals surface area contributed by atoms with Crippen LogP contribution in [-0.2, 0) is 11.3 Å². The van der Waals surface area contributed by atoms with Crippen LogP contribution in [0.5, 0.6) is 5.75 Å². The Labute approximate surface area is 163 Å². The molecular formula is C24H21NO3. The highest BCUT2D eigenvalue weighted by Gasteiger charge is 2.15. The lowest BCUT2D eigenvalue weighted by Crippen LogP contribution is -2.09. The number of aliphatic carboxylic acids is 1. The summed E-state index contributed by atoms with van der Waals surface area (Å²) in [6, 6.07) is 26.5. The zero-order valence-electron chi connectivity index (χ0n) is 15.6. The standard InChI is InChI=1S/C24H21NO3/c1-17-21-9-5-6-10-22(21)25(24(17)19-7-3-2-4-8-19)15-18-11-13-20(14-12-18)28-16-23(26)27/h2-14H,15-16H2,1H3,(H,26,27). The van der Waals surface area contributed by atoms with Crippen LogP contribution in [0.3, 0.4) is 0 Å². The van der Waals surface area contributed by atoms with E-state index in [1.807, 2.05) is 30.3 Å². The second kappa shape index (κ2) is 7.61. The molecule has 0 amide bonds. The largest absolute Gasteiger partial charge is 0.482 e. The fourth-order valence-corrected chi connectivity index (χ4v) is 3.63. The van der Waals surface area contributed by atoms with Crippen molar-refractivity contribution in [1.29, 1.82) is 0 Å². The second-order valence-corrected chi connectivity index (χ2v) is 6.77. The summed E-state index contributed by atoms with van der Waals surface area (Å²) in [5.41, 5.74) is 6.00. The van der Waals surface area contributed by atoms with Crippen molar-refractivity contribution in [2.45, 2.75) is 13.5 Å². The van der Waals surface area contributed by atoms with E-state index in [-0.39, 0.29) is 6.61 Å². The monoisotopic (exact) mass is 371 g/mol. The number of benzene rings is 3. The molecule has 1 N–H and O–H groups in total. The number of rotatable bonds is 6. The van der Waals surface area contributed by atoms with Crippen molar-refractivity contribution in [2.24, 2.45) is 0 Å². The van der Waals surface area contributed by atoms with Gasteiger partial charge in [-0.1, -0.05) is 60.7 Å². The molecule has 1 aromatic heterocycles. The van der Waals surface area contributed by atoms with Crippen LogP contribution < -0.4 is 4.74 Å². The van der Waals surface area contributed by atoms with E-state index in [2.05, 4.69) is 60.0 Å². The molecule has 0 atom stereocenters. The van der Waals surface area contributed by atoms with Crippen molar-refractivity contribution in [2.75, 3.05) is 6.61 Å². The van der Waals surface area contributed by atoms with Crippen LogP contribution in [0.15, 0.2) is 78.9 Å². The van der Waals surface area contributed by atoms with Gasteiger partial charge in [0.15, 0.2) is 6.61 Å². The van der Waals surface area contributed by atoms with Gasteiger partial charge in [-0.05, 0) is 41.8 Å². The third kappa shape index (κ3) is 3.49. The van der Waals surface area contributed by atoms with Gasteiger partial charge in [-0.3, -0.25) is 0 Å². The van der Waals surface area contributed by atoms with Crippen LogP contribution in [0.4, 0.5) is 0 Å². The highest BCUT2D eigenvalue weighted by molar-refractivity contribution is 5.91. The maximum atomic E-state index is 10.7. The van der Waals surface area contributed by atoms with E-state index in [1.54, 1.807) is 0 Å². The molecule has 0 spiro atoms. The molecule has 0 aliphatic rings. The first kappa shape index (κ1) is 17.9. The zero-order chi connectivity index (χ0) is 19.5. The SMILES string of the molecule is Cc1c(-c2ccccc2)n(Cc2ccc(OCC(=O)O)cc2)c2ccccc12. The fraction of sp³-hybridized carbons (Fsp3) is 0.125. The van der Waals surface area contributed by atoms with Crippen molar-refractivity contribution in [3.05, 3.63) is 90.0 Å². The maximum absolute atomic E-state index is 10.7. The number of fused-ring (bicyclic) bond motifs is 1. The van der Waals surface area contributed by atoms with Crippen molar-refractivity contribution >= 4 is 16.9 Å². The van der Waals surface area contributed by atoms with Gasteiger partial charge in [0.25, 0.3) is 0 Å². The van der Waals surface area contributed by atoms with Crippen LogP contribution in [0.2, 0.25) is 0 Å². The molecule has 0 saturated carbocycles. The average Bonchev–Trinajstić information content (AvgIpc) is 3.00. The molecule has 0 saturated heterocycles. The van der Waals surface area contributed by atoms with Crippen molar-refractivity contribution in [1.82, 2.24) is 4.57 Å². The maximum Gasteiger partial charge on any atom is 0.341 e. The molecule has 4 heteroatoms. The van der Waals surface area contributed by atoms with Crippen LogP contribution >= 0.6 is 0 Å². The number of hydrogen-bond acceptors (Lipinski definition) is 2. The van der Waals surface area contributed by atoms with Crippen molar-refractivity contribution in [3.63, 3.8) is 0 Å². The third-order valence-corrected chi connectivity index (χ3v) is 4.90. The van der Waals surface area contributed by atoms with Gasteiger partial charge >= 0.3 is 5.97 Å². The molecular weight excluding hydrogens is 350 g/mol. The quantitative estimate of drug-likeness (QED) is 0.511. The first-order valence-electron chi connectivity index (χ1n) is 9.20. The van der Waals surface area contributed by atoms with Gasteiger partial charge < -0.3 is 14.4 Å². The molecule has 140 valence electrons. The molecule has 28 heavy (non-hydrogen) atoms. The van der Waals surface area contributed by atoms with Crippen molar-refractivity contribution in [3.8, 4) is 17.0 Å². The predicted molar refractivity (Wildman–Crippen MR) is 111 cm³/mol. The Balaban J connectivity index is 1.73. The highest BCUT2D eigenvalue weighted by Crippen LogP contribution is 2.34. The minimum atomic E-state index is -0.981. The summed E-state index contributed by atoms with van der Waals surface area (Å²) in [6.07, 6.45) is 0. The number of carboxylic acids is 1. The molecule has 4 rings (SSSR count). The Hall–Kier alpha value is -3.53. The van der Waals surface area contributed by atoms with Gasteiger partial charge in [0, 0.05) is 17.4 Å². The summed E-state index contributed by atoms with van der Waals surface area (Å²) in [7, 11) is 0. The first-order valence-corrected chi connectivity index (χ1v) is 9.20. The summed E-state index contributed by atoms with van der Waals surface area (Å²) in [6.45, 7) is 2.56. The van der Waals surface area contributed by atoms with E-state index < -0.39 is 5.97 Å². The number of aromatic nitrogens is 1. The number of hydrogen-bond donors (Lipinski definition) is 1. The number of carbonyl (C=O) groups is 1. The average molecular weight is 371 g/mol. The van der Waals surface area contributed by atoms with E-state index in [9.17, 15) is 4.79 Å². The lowest BCUT2D eigenvalue weighted by molar-refractivity contribution is -0.139. The first-order chi connectivity index (χ1) is 13.6. The zero-order valence-corrected chi connectivity index (χ0v) is 15.6. The van der Waals surface area contributed by atoms with Crippen LogP contribution in [-0.4, -0.2) is 22.2 Å². The summed E-state index contributed by atoms with van der Waals surface area (Å²) in [4.78, 5) is 10.7. The number of para-hydroxylation sites is 1. The van der Waals surface area contributed by atoms with E-state index in [0.29, 0.717) is 5.75 Å². The summed E-state index contributed by atoms with van der Waals surface area (Å²) < 4.78 is 7.57. The number of carboxylic acid groups (broad SMARTS) is 1. The number of ether oxygens (including phenoxy) is 1. The molecule has 0 fully saturated rings. The van der Waals surface area contributed by atoms with Gasteiger partial charge in [0.2, 0.25) is 0 Å². The Morgan fingerprint density at radius 3 is 2.32 bits per heavy atom. The lowest BCUT2D eigenvalue weighted by Gasteiger charge is -2.13. The molecule has 0 bridgehead atoms. The number of aryl methyl sites for hydroxylation is 1. The minimum Gasteiger partial charge on any atom is -0.482 e. The smallest absolute Gasteiger partial charge is 0.341 e. The van der Waals surface area contributed by atoms with Gasteiger partial charge in [0.1, 0.15) is 5.75 Å². The Kier molecular flexibility index (Phi) is 4.85. The molecule has 0 unspecified atom stereocenters. The predicted octanol–water partition coefficient (Wildman–Crippen LogP) is 5.13. The Morgan fingerprint density at radius 2 is 1.61 bits per heavy atom. The van der Waals surface area contributed by atoms with Gasteiger partial charge in [-0.25, -0.2) is 4.79 Å². The van der Waals surface area contributed by atoms with E-state index >= 15 is 0 Å². The molecule has 0 radical (unpaired) electrons. The number of nitrogens with zero attached hydrogens (tertiary/aromatic N) is 1. The molecule has 4 aromatic rings. The molecule has 4 nitrogen and oxygen atoms in total. The molecule has 3 aromatic carbocycles. The Morgan fingerprint density at radius 1 is 0.929 bits per heavy atom. The Bertz CT molecular complexity index is 1110. The molecule has 0 aliphatic heterocycles. The summed E-state index contributed by atoms with van der Waals surface area (Å²) >= 11 is 0. The lowest BCUT2D eigenvalue weighted by atomic mass is 10.1. The third-order valence-electron chi connectivity index (χ3n) is 4.90.